The van der Waals surface area contributed by atoms with Crippen LogP contribution in [0, 0.1) is 0 Å². The number of benzene rings is 2. The van der Waals surface area contributed by atoms with Gasteiger partial charge in [-0.05, 0) is 43.3 Å². The predicted molar refractivity (Wildman–Crippen MR) is 95.9 cm³/mol. The third kappa shape index (κ3) is 4.88. The molecule has 2 N–H and O–H groups in total. The lowest BCUT2D eigenvalue weighted by molar-refractivity contribution is -0.122. The molecule has 0 fully saturated rings. The predicted octanol–water partition coefficient (Wildman–Crippen LogP) is 4.36. The van der Waals surface area contributed by atoms with Crippen LogP contribution < -0.4 is 15.4 Å². The van der Waals surface area contributed by atoms with Crippen molar-refractivity contribution < 1.29 is 14.3 Å². The summed E-state index contributed by atoms with van der Waals surface area (Å²) in [6.07, 6.45) is -0.768. The number of hydrogen-bond donors (Lipinski definition) is 2. The van der Waals surface area contributed by atoms with Crippen molar-refractivity contribution in [1.82, 2.24) is 0 Å². The van der Waals surface area contributed by atoms with E-state index in [9.17, 15) is 9.59 Å². The van der Waals surface area contributed by atoms with Crippen molar-refractivity contribution in [2.24, 2.45) is 0 Å². The largest absolute Gasteiger partial charge is 0.479 e. The Kier molecular flexibility index (Phi) is 6.06. The van der Waals surface area contributed by atoms with Crippen molar-refractivity contribution in [3.05, 3.63) is 52.5 Å². The fraction of sp³-hybridized carbons (Fsp3) is 0.176. The van der Waals surface area contributed by atoms with Crippen LogP contribution in [-0.4, -0.2) is 17.9 Å². The molecule has 0 saturated carbocycles. The van der Waals surface area contributed by atoms with Gasteiger partial charge in [0, 0.05) is 18.3 Å². The maximum absolute atomic E-state index is 12.2. The SMILES string of the molecule is CC(=O)Nc1ccc(NC(=O)[C@H](C)Oc2cccc(Cl)c2Cl)cc1. The number of ether oxygens (including phenoxy) is 1. The standard InChI is InChI=1S/C17H16Cl2N2O3/c1-10(24-15-5-3-4-14(18)16(15)19)17(23)21-13-8-6-12(7-9-13)20-11(2)22/h3-10H,1-2H3,(H,20,22)(H,21,23)/t10-/m0/s1. The topological polar surface area (TPSA) is 67.4 Å². The normalized spacial score (nSPS) is 11.5. The average molecular weight is 367 g/mol. The minimum Gasteiger partial charge on any atom is -0.479 e. The molecule has 2 amide bonds. The first-order valence-electron chi connectivity index (χ1n) is 7.16. The molecule has 0 aromatic heterocycles. The molecule has 0 aliphatic carbocycles. The lowest BCUT2D eigenvalue weighted by Crippen LogP contribution is -2.30. The van der Waals surface area contributed by atoms with Gasteiger partial charge in [0.05, 0.1) is 5.02 Å². The van der Waals surface area contributed by atoms with Crippen LogP contribution in [0.5, 0.6) is 5.75 Å². The van der Waals surface area contributed by atoms with Crippen LogP contribution in [-0.2, 0) is 9.59 Å². The second-order valence-corrected chi connectivity index (χ2v) is 5.84. The fourth-order valence-electron chi connectivity index (χ4n) is 1.90. The van der Waals surface area contributed by atoms with Crippen molar-refractivity contribution in [3.63, 3.8) is 0 Å². The van der Waals surface area contributed by atoms with Crippen molar-refractivity contribution in [2.45, 2.75) is 20.0 Å². The minimum atomic E-state index is -0.768. The third-order valence-electron chi connectivity index (χ3n) is 3.06. The van der Waals surface area contributed by atoms with E-state index in [1.54, 1.807) is 49.4 Å². The van der Waals surface area contributed by atoms with Crippen LogP contribution in [0.15, 0.2) is 42.5 Å². The molecule has 0 saturated heterocycles. The zero-order valence-corrected chi connectivity index (χ0v) is 14.6. The molecule has 24 heavy (non-hydrogen) atoms. The number of anilines is 2. The highest BCUT2D eigenvalue weighted by Gasteiger charge is 2.17. The van der Waals surface area contributed by atoms with Gasteiger partial charge in [0.15, 0.2) is 6.10 Å². The Morgan fingerprint density at radius 2 is 1.58 bits per heavy atom. The quantitative estimate of drug-likeness (QED) is 0.825. The van der Waals surface area contributed by atoms with Crippen LogP contribution >= 0.6 is 23.2 Å². The molecule has 0 aliphatic rings. The van der Waals surface area contributed by atoms with Crippen LogP contribution in [0.1, 0.15) is 13.8 Å². The molecule has 0 unspecified atom stereocenters. The zero-order chi connectivity index (χ0) is 17.7. The molecule has 0 heterocycles. The molecule has 2 rings (SSSR count). The summed E-state index contributed by atoms with van der Waals surface area (Å²) in [7, 11) is 0. The van der Waals surface area contributed by atoms with E-state index in [4.69, 9.17) is 27.9 Å². The lowest BCUT2D eigenvalue weighted by Gasteiger charge is -2.16. The Labute approximate surface area is 149 Å². The number of hydrogen-bond acceptors (Lipinski definition) is 3. The van der Waals surface area contributed by atoms with Gasteiger partial charge in [-0.15, -0.1) is 0 Å². The number of amides is 2. The number of carbonyl (C=O) groups is 2. The first kappa shape index (κ1) is 18.1. The molecule has 0 aliphatic heterocycles. The van der Waals surface area contributed by atoms with Gasteiger partial charge in [-0.2, -0.15) is 0 Å². The maximum Gasteiger partial charge on any atom is 0.265 e. The summed E-state index contributed by atoms with van der Waals surface area (Å²) in [6, 6.07) is 11.7. The Morgan fingerprint density at radius 3 is 2.17 bits per heavy atom. The van der Waals surface area contributed by atoms with Crippen molar-refractivity contribution in [2.75, 3.05) is 10.6 Å². The highest BCUT2D eigenvalue weighted by Crippen LogP contribution is 2.32. The van der Waals surface area contributed by atoms with Crippen molar-refractivity contribution >= 4 is 46.4 Å². The molecule has 0 spiro atoms. The monoisotopic (exact) mass is 366 g/mol. The number of nitrogens with one attached hydrogen (secondary N) is 2. The summed E-state index contributed by atoms with van der Waals surface area (Å²) in [5, 5.41) is 5.99. The first-order valence-corrected chi connectivity index (χ1v) is 7.91. The number of carbonyl (C=O) groups excluding carboxylic acids is 2. The first-order chi connectivity index (χ1) is 11.4. The summed E-state index contributed by atoms with van der Waals surface area (Å²) < 4.78 is 5.55. The van der Waals surface area contributed by atoms with E-state index in [1.807, 2.05) is 0 Å². The molecular formula is C17H16Cl2N2O3. The Morgan fingerprint density at radius 1 is 1.00 bits per heavy atom. The smallest absolute Gasteiger partial charge is 0.265 e. The highest BCUT2D eigenvalue weighted by molar-refractivity contribution is 6.42. The summed E-state index contributed by atoms with van der Waals surface area (Å²) >= 11 is 12.0. The van der Waals surface area contributed by atoms with Gasteiger partial charge in [-0.25, -0.2) is 0 Å². The Balaban J connectivity index is 1.98. The van der Waals surface area contributed by atoms with Crippen molar-refractivity contribution in [3.8, 4) is 5.75 Å². The van der Waals surface area contributed by atoms with Gasteiger partial charge < -0.3 is 15.4 Å². The van der Waals surface area contributed by atoms with E-state index < -0.39 is 6.10 Å². The van der Waals surface area contributed by atoms with Crippen molar-refractivity contribution in [1.29, 1.82) is 0 Å². The number of halogens is 2. The van der Waals surface area contributed by atoms with Crippen LogP contribution in [0.3, 0.4) is 0 Å². The van der Waals surface area contributed by atoms with Crippen LogP contribution in [0.2, 0.25) is 10.0 Å². The Hall–Kier alpha value is -2.24. The maximum atomic E-state index is 12.2. The van der Waals surface area contributed by atoms with Crippen LogP contribution in [0.4, 0.5) is 11.4 Å². The average Bonchev–Trinajstić information content (AvgIpc) is 2.53. The van der Waals surface area contributed by atoms with Crippen LogP contribution in [0.25, 0.3) is 0 Å². The third-order valence-corrected chi connectivity index (χ3v) is 3.86. The molecule has 126 valence electrons. The van der Waals surface area contributed by atoms with E-state index in [0.717, 1.165) is 0 Å². The molecular weight excluding hydrogens is 351 g/mol. The summed E-state index contributed by atoms with van der Waals surface area (Å²) in [6.45, 7) is 3.04. The molecule has 5 nitrogen and oxygen atoms in total. The zero-order valence-electron chi connectivity index (χ0n) is 13.1. The van der Waals surface area contributed by atoms with Gasteiger partial charge in [0.25, 0.3) is 5.91 Å². The molecule has 0 bridgehead atoms. The molecule has 0 radical (unpaired) electrons. The molecule has 2 aromatic carbocycles. The van der Waals surface area contributed by atoms with E-state index in [-0.39, 0.29) is 16.8 Å². The molecule has 1 atom stereocenters. The van der Waals surface area contributed by atoms with E-state index in [0.29, 0.717) is 22.1 Å². The summed E-state index contributed by atoms with van der Waals surface area (Å²) in [5.41, 5.74) is 1.23. The van der Waals surface area contributed by atoms with Gasteiger partial charge in [-0.1, -0.05) is 29.3 Å². The highest BCUT2D eigenvalue weighted by atomic mass is 35.5. The van der Waals surface area contributed by atoms with Gasteiger partial charge in [0.2, 0.25) is 5.91 Å². The second kappa shape index (κ2) is 8.04. The van der Waals surface area contributed by atoms with Gasteiger partial charge in [-0.3, -0.25) is 9.59 Å². The fourth-order valence-corrected chi connectivity index (χ4v) is 2.24. The minimum absolute atomic E-state index is 0.160. The Bertz CT molecular complexity index is 748. The van der Waals surface area contributed by atoms with E-state index >= 15 is 0 Å². The summed E-state index contributed by atoms with van der Waals surface area (Å²) in [4.78, 5) is 23.2. The van der Waals surface area contributed by atoms with E-state index in [1.165, 1.54) is 6.92 Å². The number of rotatable bonds is 5. The second-order valence-electron chi connectivity index (χ2n) is 5.06. The van der Waals surface area contributed by atoms with E-state index in [2.05, 4.69) is 10.6 Å². The molecule has 7 heteroatoms. The van der Waals surface area contributed by atoms with Gasteiger partial charge >= 0.3 is 0 Å². The summed E-state index contributed by atoms with van der Waals surface area (Å²) in [5.74, 6) is -0.154. The van der Waals surface area contributed by atoms with Gasteiger partial charge in [0.1, 0.15) is 10.8 Å². The lowest BCUT2D eigenvalue weighted by atomic mass is 10.2. The molecule has 2 aromatic rings.